The lowest BCUT2D eigenvalue weighted by Gasteiger charge is -2.05. The minimum atomic E-state index is 0.798. The van der Waals surface area contributed by atoms with Crippen LogP contribution in [0.1, 0.15) is 5.56 Å². The third-order valence-corrected chi connectivity index (χ3v) is 5.19. The number of anilines is 2. The van der Waals surface area contributed by atoms with Crippen LogP contribution >= 0.6 is 33.9 Å². The molecule has 2 aromatic heterocycles. The third-order valence-electron chi connectivity index (χ3n) is 3.79. The quantitative estimate of drug-likeness (QED) is 0.554. The van der Waals surface area contributed by atoms with Gasteiger partial charge in [-0.15, -0.1) is 0 Å². The molecule has 1 aromatic carbocycles. The van der Waals surface area contributed by atoms with Gasteiger partial charge in [-0.05, 0) is 80.9 Å². The van der Waals surface area contributed by atoms with Crippen molar-refractivity contribution in [3.8, 4) is 11.1 Å². The molecule has 23 heavy (non-hydrogen) atoms. The third kappa shape index (κ3) is 3.11. The zero-order chi connectivity index (χ0) is 15.6. The summed E-state index contributed by atoms with van der Waals surface area (Å²) in [6.45, 7) is 0.798. The van der Waals surface area contributed by atoms with E-state index in [4.69, 9.17) is 0 Å². The average Bonchev–Trinajstić information content (AvgIpc) is 3.24. The first-order valence-corrected chi connectivity index (χ1v) is 9.30. The highest BCUT2D eigenvalue weighted by Gasteiger charge is 2.17. The van der Waals surface area contributed by atoms with Crippen molar-refractivity contribution in [1.82, 2.24) is 4.98 Å². The summed E-state index contributed by atoms with van der Waals surface area (Å²) in [4.78, 5) is 4.56. The minimum absolute atomic E-state index is 0.798. The van der Waals surface area contributed by atoms with Crippen LogP contribution in [0, 0.1) is 3.57 Å². The number of halogens is 1. The van der Waals surface area contributed by atoms with Crippen LogP contribution in [0.3, 0.4) is 0 Å². The summed E-state index contributed by atoms with van der Waals surface area (Å²) < 4.78 is 1.23. The standard InChI is InChI=1S/C18H14IN3S/c19-15-1-3-16(4-2-15)20-9-14-10-22-18-17(14)7-13(8-21-18)12-5-6-23-11-12/h1-9,11,20H,10H2,(H,21,22). The number of benzene rings is 1. The summed E-state index contributed by atoms with van der Waals surface area (Å²) >= 11 is 4.02. The van der Waals surface area contributed by atoms with E-state index in [9.17, 15) is 0 Å². The number of thiophene rings is 1. The van der Waals surface area contributed by atoms with Crippen molar-refractivity contribution in [2.24, 2.45) is 0 Å². The van der Waals surface area contributed by atoms with Gasteiger partial charge in [-0.2, -0.15) is 11.3 Å². The normalized spacial score (nSPS) is 14.6. The Bertz CT molecular complexity index is 854. The molecule has 0 saturated heterocycles. The van der Waals surface area contributed by atoms with Crippen LogP contribution in [-0.4, -0.2) is 11.5 Å². The molecule has 0 unspecified atom stereocenters. The number of aromatic nitrogens is 1. The van der Waals surface area contributed by atoms with Crippen LogP contribution in [0.25, 0.3) is 16.7 Å². The molecule has 3 nitrogen and oxygen atoms in total. The number of nitrogens with one attached hydrogen (secondary N) is 2. The van der Waals surface area contributed by atoms with Crippen molar-refractivity contribution < 1.29 is 0 Å². The van der Waals surface area contributed by atoms with Gasteiger partial charge in [0.1, 0.15) is 5.82 Å². The van der Waals surface area contributed by atoms with Crippen LogP contribution in [0.2, 0.25) is 0 Å². The number of pyridine rings is 1. The number of hydrogen-bond donors (Lipinski definition) is 2. The van der Waals surface area contributed by atoms with Gasteiger partial charge in [0.2, 0.25) is 0 Å². The summed E-state index contributed by atoms with van der Waals surface area (Å²) in [5.74, 6) is 0.958. The summed E-state index contributed by atoms with van der Waals surface area (Å²) in [5.41, 5.74) is 5.87. The van der Waals surface area contributed by atoms with Gasteiger partial charge in [0.05, 0.1) is 0 Å². The second kappa shape index (κ2) is 6.33. The van der Waals surface area contributed by atoms with Gasteiger partial charge in [-0.1, -0.05) is 0 Å². The number of fused-ring (bicyclic) bond motifs is 1. The predicted molar refractivity (Wildman–Crippen MR) is 107 cm³/mol. The van der Waals surface area contributed by atoms with E-state index < -0.39 is 0 Å². The molecule has 4 rings (SSSR count). The lowest BCUT2D eigenvalue weighted by molar-refractivity contribution is 1.29. The van der Waals surface area contributed by atoms with Crippen molar-refractivity contribution in [3.63, 3.8) is 0 Å². The summed E-state index contributed by atoms with van der Waals surface area (Å²) in [7, 11) is 0. The van der Waals surface area contributed by atoms with Crippen LogP contribution < -0.4 is 10.6 Å². The molecule has 0 saturated carbocycles. The summed E-state index contributed by atoms with van der Waals surface area (Å²) in [6, 6.07) is 12.7. The smallest absolute Gasteiger partial charge is 0.133 e. The second-order valence-electron chi connectivity index (χ2n) is 5.31. The van der Waals surface area contributed by atoms with E-state index >= 15 is 0 Å². The number of nitrogens with zero attached hydrogens (tertiary/aromatic N) is 1. The molecule has 0 spiro atoms. The zero-order valence-electron chi connectivity index (χ0n) is 12.2. The zero-order valence-corrected chi connectivity index (χ0v) is 15.2. The van der Waals surface area contributed by atoms with Gasteiger partial charge in [0, 0.05) is 39.3 Å². The first-order valence-electron chi connectivity index (χ1n) is 7.27. The Morgan fingerprint density at radius 1 is 1.17 bits per heavy atom. The monoisotopic (exact) mass is 431 g/mol. The topological polar surface area (TPSA) is 37.0 Å². The lowest BCUT2D eigenvalue weighted by Crippen LogP contribution is -1.95. The van der Waals surface area contributed by atoms with Gasteiger partial charge in [0.25, 0.3) is 0 Å². The molecular weight excluding hydrogens is 417 g/mol. The van der Waals surface area contributed by atoms with Gasteiger partial charge in [-0.3, -0.25) is 0 Å². The highest BCUT2D eigenvalue weighted by Crippen LogP contribution is 2.33. The van der Waals surface area contributed by atoms with E-state index in [1.54, 1.807) is 11.3 Å². The van der Waals surface area contributed by atoms with Gasteiger partial charge in [-0.25, -0.2) is 4.98 Å². The lowest BCUT2D eigenvalue weighted by atomic mass is 10.1. The predicted octanol–water partition coefficient (Wildman–Crippen LogP) is 5.29. The first kappa shape index (κ1) is 14.7. The Morgan fingerprint density at radius 2 is 2.04 bits per heavy atom. The molecule has 0 aliphatic carbocycles. The van der Waals surface area contributed by atoms with Crippen molar-refractivity contribution in [2.45, 2.75) is 0 Å². The second-order valence-corrected chi connectivity index (χ2v) is 7.33. The Labute approximate surface area is 152 Å². The minimum Gasteiger partial charge on any atom is -0.365 e. The molecule has 0 amide bonds. The SMILES string of the molecule is Ic1ccc(NC=C2CNc3ncc(-c4ccsc4)cc32)cc1. The molecule has 0 radical (unpaired) electrons. The highest BCUT2D eigenvalue weighted by atomic mass is 127. The molecule has 0 fully saturated rings. The van der Waals surface area contributed by atoms with Crippen LogP contribution in [0.5, 0.6) is 0 Å². The summed E-state index contributed by atoms with van der Waals surface area (Å²) in [6.07, 6.45) is 4.00. The first-order chi connectivity index (χ1) is 11.3. The van der Waals surface area contributed by atoms with E-state index in [2.05, 4.69) is 91.6 Å². The van der Waals surface area contributed by atoms with Crippen molar-refractivity contribution in [1.29, 1.82) is 0 Å². The fourth-order valence-corrected chi connectivity index (χ4v) is 3.58. The van der Waals surface area contributed by atoms with Crippen molar-refractivity contribution in [3.05, 3.63) is 68.7 Å². The van der Waals surface area contributed by atoms with E-state index in [1.807, 2.05) is 6.20 Å². The van der Waals surface area contributed by atoms with Crippen molar-refractivity contribution in [2.75, 3.05) is 17.2 Å². The Hall–Kier alpha value is -1.86. The van der Waals surface area contributed by atoms with E-state index in [1.165, 1.54) is 20.3 Å². The molecular formula is C18H14IN3S. The molecule has 2 N–H and O–H groups in total. The molecule has 5 heteroatoms. The van der Waals surface area contributed by atoms with E-state index in [0.29, 0.717) is 0 Å². The van der Waals surface area contributed by atoms with Crippen LogP contribution in [-0.2, 0) is 0 Å². The Morgan fingerprint density at radius 3 is 2.83 bits per heavy atom. The fraction of sp³-hybridized carbons (Fsp3) is 0.0556. The number of hydrogen-bond acceptors (Lipinski definition) is 4. The molecule has 3 heterocycles. The maximum absolute atomic E-state index is 4.56. The molecule has 0 bridgehead atoms. The Balaban J connectivity index is 1.62. The van der Waals surface area contributed by atoms with Gasteiger partial charge in [0.15, 0.2) is 0 Å². The van der Waals surface area contributed by atoms with Gasteiger partial charge < -0.3 is 10.6 Å². The largest absolute Gasteiger partial charge is 0.365 e. The fourth-order valence-electron chi connectivity index (χ4n) is 2.56. The van der Waals surface area contributed by atoms with Crippen molar-refractivity contribution >= 4 is 51.0 Å². The molecule has 0 atom stereocenters. The molecule has 114 valence electrons. The molecule has 1 aliphatic heterocycles. The number of rotatable bonds is 3. The van der Waals surface area contributed by atoms with Crippen LogP contribution in [0.4, 0.5) is 11.5 Å². The van der Waals surface area contributed by atoms with Crippen LogP contribution in [0.15, 0.2) is 59.6 Å². The van der Waals surface area contributed by atoms with Gasteiger partial charge >= 0.3 is 0 Å². The van der Waals surface area contributed by atoms with E-state index in [0.717, 1.165) is 23.6 Å². The highest BCUT2D eigenvalue weighted by molar-refractivity contribution is 14.1. The molecule has 3 aromatic rings. The molecule has 1 aliphatic rings. The van der Waals surface area contributed by atoms with E-state index in [-0.39, 0.29) is 0 Å². The Kier molecular flexibility index (Phi) is 4.05. The maximum Gasteiger partial charge on any atom is 0.133 e. The maximum atomic E-state index is 4.56. The average molecular weight is 431 g/mol. The summed E-state index contributed by atoms with van der Waals surface area (Å²) in [5, 5.41) is 11.0.